The van der Waals surface area contributed by atoms with Gasteiger partial charge in [0.2, 0.25) is 0 Å². The fourth-order valence-electron chi connectivity index (χ4n) is 2.49. The van der Waals surface area contributed by atoms with Crippen LogP contribution in [0.15, 0.2) is 24.3 Å². The standard InChI is InChI=1S/C19H32N2S/c1-5-8-9-16(7-3)14-20-19(22)21-18-12-10-17(11-13-18)15(4)6-2/h10-13,15-16H,5-9,14H2,1-4H3,(H2,20,21,22)/t15-,16+/m0/s1. The summed E-state index contributed by atoms with van der Waals surface area (Å²) in [6, 6.07) is 8.61. The van der Waals surface area contributed by atoms with Crippen LogP contribution in [0, 0.1) is 5.92 Å². The molecule has 0 saturated heterocycles. The van der Waals surface area contributed by atoms with Crippen LogP contribution in [0.3, 0.4) is 0 Å². The van der Waals surface area contributed by atoms with Crippen LogP contribution in [0.25, 0.3) is 0 Å². The molecule has 0 heterocycles. The molecule has 0 fully saturated rings. The summed E-state index contributed by atoms with van der Waals surface area (Å²) < 4.78 is 0. The Hall–Kier alpha value is -1.09. The zero-order chi connectivity index (χ0) is 16.4. The van der Waals surface area contributed by atoms with E-state index in [2.05, 4.69) is 62.6 Å². The van der Waals surface area contributed by atoms with E-state index < -0.39 is 0 Å². The Morgan fingerprint density at radius 3 is 2.32 bits per heavy atom. The summed E-state index contributed by atoms with van der Waals surface area (Å²) in [5, 5.41) is 7.37. The lowest BCUT2D eigenvalue weighted by molar-refractivity contribution is 0.446. The van der Waals surface area contributed by atoms with E-state index in [-0.39, 0.29) is 0 Å². The number of rotatable bonds is 9. The predicted molar refractivity (Wildman–Crippen MR) is 103 cm³/mol. The van der Waals surface area contributed by atoms with Gasteiger partial charge in [0.15, 0.2) is 5.11 Å². The van der Waals surface area contributed by atoms with E-state index in [1.807, 2.05) is 0 Å². The highest BCUT2D eigenvalue weighted by Gasteiger charge is 2.07. The second kappa shape index (κ2) is 10.6. The van der Waals surface area contributed by atoms with Crippen molar-refractivity contribution in [3.63, 3.8) is 0 Å². The van der Waals surface area contributed by atoms with Crippen LogP contribution in [-0.2, 0) is 0 Å². The first-order chi connectivity index (χ1) is 10.6. The molecule has 0 amide bonds. The molecule has 2 atom stereocenters. The molecule has 0 aliphatic rings. The van der Waals surface area contributed by atoms with Crippen molar-refractivity contribution in [3.05, 3.63) is 29.8 Å². The summed E-state index contributed by atoms with van der Waals surface area (Å²) in [4.78, 5) is 0. The lowest BCUT2D eigenvalue weighted by Crippen LogP contribution is -2.32. The van der Waals surface area contributed by atoms with Crippen LogP contribution in [0.5, 0.6) is 0 Å². The number of hydrogen-bond donors (Lipinski definition) is 2. The summed E-state index contributed by atoms with van der Waals surface area (Å²) in [6.45, 7) is 9.95. The molecular formula is C19H32N2S. The Bertz CT molecular complexity index is 428. The van der Waals surface area contributed by atoms with Crippen molar-refractivity contribution in [2.24, 2.45) is 5.92 Å². The Morgan fingerprint density at radius 2 is 1.77 bits per heavy atom. The number of hydrogen-bond acceptors (Lipinski definition) is 1. The third-order valence-electron chi connectivity index (χ3n) is 4.44. The van der Waals surface area contributed by atoms with Crippen molar-refractivity contribution in [3.8, 4) is 0 Å². The Labute approximate surface area is 142 Å². The molecule has 2 nitrogen and oxygen atoms in total. The predicted octanol–water partition coefficient (Wildman–Crippen LogP) is 5.70. The Balaban J connectivity index is 2.41. The van der Waals surface area contributed by atoms with Crippen LogP contribution in [0.1, 0.15) is 71.3 Å². The molecule has 0 aliphatic carbocycles. The minimum absolute atomic E-state index is 0.614. The molecule has 0 bridgehead atoms. The maximum absolute atomic E-state index is 5.40. The molecule has 0 saturated carbocycles. The number of thiocarbonyl (C=S) groups is 1. The van der Waals surface area contributed by atoms with Gasteiger partial charge in [-0.25, -0.2) is 0 Å². The molecule has 1 aromatic carbocycles. The van der Waals surface area contributed by atoms with E-state index >= 15 is 0 Å². The molecule has 1 aromatic rings. The van der Waals surface area contributed by atoms with Crippen LogP contribution in [-0.4, -0.2) is 11.7 Å². The summed E-state index contributed by atoms with van der Waals surface area (Å²) in [5.41, 5.74) is 2.45. The maximum atomic E-state index is 5.40. The van der Waals surface area contributed by atoms with Crippen molar-refractivity contribution in [1.29, 1.82) is 0 Å². The van der Waals surface area contributed by atoms with Gasteiger partial charge in [0.1, 0.15) is 0 Å². The van der Waals surface area contributed by atoms with Gasteiger partial charge in [0.05, 0.1) is 0 Å². The van der Waals surface area contributed by atoms with Gasteiger partial charge in [0.25, 0.3) is 0 Å². The van der Waals surface area contributed by atoms with Gasteiger partial charge in [0, 0.05) is 12.2 Å². The van der Waals surface area contributed by atoms with Crippen molar-refractivity contribution in [2.75, 3.05) is 11.9 Å². The second-order valence-corrected chi connectivity index (χ2v) is 6.59. The summed E-state index contributed by atoms with van der Waals surface area (Å²) in [7, 11) is 0. The average Bonchev–Trinajstić information content (AvgIpc) is 2.55. The number of unbranched alkanes of at least 4 members (excludes halogenated alkanes) is 1. The highest BCUT2D eigenvalue weighted by molar-refractivity contribution is 7.80. The quantitative estimate of drug-likeness (QED) is 0.570. The Morgan fingerprint density at radius 1 is 1.09 bits per heavy atom. The average molecular weight is 321 g/mol. The maximum Gasteiger partial charge on any atom is 0.170 e. The molecule has 22 heavy (non-hydrogen) atoms. The molecule has 3 heteroatoms. The van der Waals surface area contributed by atoms with E-state index in [1.165, 1.54) is 37.7 Å². The lowest BCUT2D eigenvalue weighted by Gasteiger charge is -2.17. The minimum atomic E-state index is 0.614. The first-order valence-electron chi connectivity index (χ1n) is 8.75. The monoisotopic (exact) mass is 320 g/mol. The first-order valence-corrected chi connectivity index (χ1v) is 9.16. The zero-order valence-corrected chi connectivity index (χ0v) is 15.4. The van der Waals surface area contributed by atoms with E-state index in [0.29, 0.717) is 11.8 Å². The summed E-state index contributed by atoms with van der Waals surface area (Å²) >= 11 is 5.40. The molecule has 0 radical (unpaired) electrons. The minimum Gasteiger partial charge on any atom is -0.362 e. The third-order valence-corrected chi connectivity index (χ3v) is 4.69. The second-order valence-electron chi connectivity index (χ2n) is 6.18. The molecule has 0 unspecified atom stereocenters. The fraction of sp³-hybridized carbons (Fsp3) is 0.632. The van der Waals surface area contributed by atoms with Crippen molar-refractivity contribution >= 4 is 23.0 Å². The molecule has 0 spiro atoms. The summed E-state index contributed by atoms with van der Waals surface area (Å²) in [5.74, 6) is 1.33. The van der Waals surface area contributed by atoms with E-state index in [4.69, 9.17) is 12.2 Å². The van der Waals surface area contributed by atoms with Crippen LogP contribution in [0.4, 0.5) is 5.69 Å². The number of anilines is 1. The van der Waals surface area contributed by atoms with E-state index in [9.17, 15) is 0 Å². The van der Waals surface area contributed by atoms with E-state index in [1.54, 1.807) is 0 Å². The van der Waals surface area contributed by atoms with Gasteiger partial charge in [-0.1, -0.05) is 59.1 Å². The SMILES string of the molecule is CCCC[C@@H](CC)CNC(=S)Nc1ccc([C@@H](C)CC)cc1. The van der Waals surface area contributed by atoms with Crippen LogP contribution < -0.4 is 10.6 Å². The topological polar surface area (TPSA) is 24.1 Å². The molecule has 0 aliphatic heterocycles. The highest BCUT2D eigenvalue weighted by Crippen LogP contribution is 2.20. The van der Waals surface area contributed by atoms with E-state index in [0.717, 1.165) is 17.3 Å². The fourth-order valence-corrected chi connectivity index (χ4v) is 2.69. The first kappa shape index (κ1) is 19.0. The van der Waals surface area contributed by atoms with Crippen LogP contribution >= 0.6 is 12.2 Å². The molecule has 0 aromatic heterocycles. The smallest absolute Gasteiger partial charge is 0.170 e. The van der Waals surface area contributed by atoms with Crippen molar-refractivity contribution in [1.82, 2.24) is 5.32 Å². The summed E-state index contributed by atoms with van der Waals surface area (Å²) in [6.07, 6.45) is 6.23. The van der Waals surface area contributed by atoms with Crippen molar-refractivity contribution < 1.29 is 0 Å². The zero-order valence-electron chi connectivity index (χ0n) is 14.6. The highest BCUT2D eigenvalue weighted by atomic mass is 32.1. The largest absolute Gasteiger partial charge is 0.362 e. The third kappa shape index (κ3) is 6.78. The van der Waals surface area contributed by atoms with Crippen LogP contribution in [0.2, 0.25) is 0 Å². The molecular weight excluding hydrogens is 288 g/mol. The van der Waals surface area contributed by atoms with Gasteiger partial charge in [-0.3, -0.25) is 0 Å². The number of nitrogens with one attached hydrogen (secondary N) is 2. The lowest BCUT2D eigenvalue weighted by atomic mass is 9.99. The van der Waals surface area contributed by atoms with Crippen molar-refractivity contribution in [2.45, 2.75) is 65.7 Å². The molecule has 124 valence electrons. The number of benzene rings is 1. The van der Waals surface area contributed by atoms with Gasteiger partial charge in [-0.15, -0.1) is 0 Å². The normalized spacial score (nSPS) is 13.5. The van der Waals surface area contributed by atoms with Gasteiger partial charge in [-0.2, -0.15) is 0 Å². The van der Waals surface area contributed by atoms with Gasteiger partial charge >= 0.3 is 0 Å². The molecule has 1 rings (SSSR count). The van der Waals surface area contributed by atoms with Gasteiger partial charge in [-0.05, 0) is 54.6 Å². The molecule has 2 N–H and O–H groups in total. The Kier molecular flexibility index (Phi) is 9.14. The van der Waals surface area contributed by atoms with Gasteiger partial charge < -0.3 is 10.6 Å².